The molecule has 2 heterocycles. The van der Waals surface area contributed by atoms with Gasteiger partial charge in [0.1, 0.15) is 5.69 Å². The zero-order valence-corrected chi connectivity index (χ0v) is 12.2. The molecule has 0 fully saturated rings. The molecule has 0 saturated heterocycles. The van der Waals surface area contributed by atoms with E-state index < -0.39 is 0 Å². The standard InChI is InChI=1S/C16H10Cl2N2/c1-20-12-8-4-6-10(17)13(12)14(18)15-16(20)9-5-2-3-7-11(9)19-15/h2-8H,1H3. The summed E-state index contributed by atoms with van der Waals surface area (Å²) in [7, 11) is 2.02. The van der Waals surface area contributed by atoms with Crippen LogP contribution in [-0.2, 0) is 7.05 Å². The van der Waals surface area contributed by atoms with Crippen LogP contribution >= 0.6 is 23.2 Å². The molecule has 0 aliphatic carbocycles. The molecule has 0 radical (unpaired) electrons. The van der Waals surface area contributed by atoms with E-state index in [9.17, 15) is 0 Å². The number of benzene rings is 2. The molecule has 0 amide bonds. The normalized spacial score (nSPS) is 11.8. The van der Waals surface area contributed by atoms with Crippen LogP contribution in [0, 0.1) is 0 Å². The number of para-hydroxylation sites is 1. The predicted octanol–water partition coefficient (Wildman–Crippen LogP) is 5.14. The van der Waals surface area contributed by atoms with Gasteiger partial charge in [0.15, 0.2) is 0 Å². The van der Waals surface area contributed by atoms with Crippen LogP contribution in [0.3, 0.4) is 0 Å². The molecule has 2 aliphatic heterocycles. The van der Waals surface area contributed by atoms with Gasteiger partial charge in [-0.1, -0.05) is 47.5 Å². The van der Waals surface area contributed by atoms with Crippen LogP contribution in [0.5, 0.6) is 0 Å². The van der Waals surface area contributed by atoms with Crippen molar-refractivity contribution in [2.75, 3.05) is 0 Å². The molecular formula is C16H10Cl2N2. The van der Waals surface area contributed by atoms with Gasteiger partial charge in [-0.05, 0) is 18.2 Å². The Morgan fingerprint density at radius 1 is 1.00 bits per heavy atom. The maximum absolute atomic E-state index is 6.56. The number of nitrogens with zero attached hydrogens (tertiary/aromatic N) is 2. The van der Waals surface area contributed by atoms with E-state index in [4.69, 9.17) is 23.2 Å². The largest absolute Gasteiger partial charge is 0.342 e. The van der Waals surface area contributed by atoms with Crippen molar-refractivity contribution in [1.82, 2.24) is 9.55 Å². The summed E-state index contributed by atoms with van der Waals surface area (Å²) >= 11 is 12.9. The summed E-state index contributed by atoms with van der Waals surface area (Å²) in [6.45, 7) is 0. The fourth-order valence-electron chi connectivity index (χ4n) is 2.81. The zero-order valence-electron chi connectivity index (χ0n) is 10.7. The van der Waals surface area contributed by atoms with Crippen molar-refractivity contribution in [3.05, 3.63) is 52.5 Å². The van der Waals surface area contributed by atoms with Gasteiger partial charge in [0, 0.05) is 17.8 Å². The minimum absolute atomic E-state index is 0.620. The first-order valence-corrected chi connectivity index (χ1v) is 7.05. The fraction of sp³-hybridized carbons (Fsp3) is 0.0625. The quantitative estimate of drug-likeness (QED) is 0.440. The average Bonchev–Trinajstić information content (AvgIpc) is 2.84. The van der Waals surface area contributed by atoms with Gasteiger partial charge in [0.25, 0.3) is 0 Å². The van der Waals surface area contributed by atoms with Crippen molar-refractivity contribution < 1.29 is 0 Å². The lowest BCUT2D eigenvalue weighted by Crippen LogP contribution is -2.00. The lowest BCUT2D eigenvalue weighted by Gasteiger charge is -2.15. The summed E-state index contributed by atoms with van der Waals surface area (Å²) < 4.78 is 2.11. The molecule has 0 aromatic heterocycles. The van der Waals surface area contributed by atoms with Gasteiger partial charge in [-0.25, -0.2) is 4.98 Å². The second-order valence-corrected chi connectivity index (χ2v) is 5.62. The van der Waals surface area contributed by atoms with Crippen LogP contribution in [0.1, 0.15) is 0 Å². The Hall–Kier alpha value is -1.77. The minimum atomic E-state index is 0.620. The monoisotopic (exact) mass is 300 g/mol. The van der Waals surface area contributed by atoms with Crippen LogP contribution in [0.25, 0.3) is 33.2 Å². The third-order valence-corrected chi connectivity index (χ3v) is 4.41. The number of hydrogen-bond acceptors (Lipinski definition) is 1. The summed E-state index contributed by atoms with van der Waals surface area (Å²) in [5.41, 5.74) is 3.80. The van der Waals surface area contributed by atoms with Crippen LogP contribution in [0.15, 0.2) is 42.5 Å². The predicted molar refractivity (Wildman–Crippen MR) is 84.9 cm³/mol. The Labute approximate surface area is 125 Å². The first kappa shape index (κ1) is 12.0. The third kappa shape index (κ3) is 1.43. The topological polar surface area (TPSA) is 17.8 Å². The molecule has 0 saturated carbocycles. The molecular weight excluding hydrogens is 291 g/mol. The summed E-state index contributed by atoms with van der Waals surface area (Å²) in [6.07, 6.45) is 0. The van der Waals surface area contributed by atoms with Crippen LogP contribution in [-0.4, -0.2) is 9.55 Å². The van der Waals surface area contributed by atoms with Crippen LogP contribution in [0.4, 0.5) is 0 Å². The Balaban J connectivity index is 2.36. The molecule has 2 aromatic rings. The van der Waals surface area contributed by atoms with E-state index in [0.717, 1.165) is 33.2 Å². The van der Waals surface area contributed by atoms with E-state index in [1.54, 1.807) is 0 Å². The average molecular weight is 301 g/mol. The van der Waals surface area contributed by atoms with E-state index in [2.05, 4.69) is 15.6 Å². The molecule has 20 heavy (non-hydrogen) atoms. The van der Waals surface area contributed by atoms with Crippen molar-refractivity contribution in [2.24, 2.45) is 7.05 Å². The highest BCUT2D eigenvalue weighted by Crippen LogP contribution is 2.42. The number of halogens is 2. The van der Waals surface area contributed by atoms with Gasteiger partial charge in [0.05, 0.1) is 26.8 Å². The van der Waals surface area contributed by atoms with Crippen molar-refractivity contribution >= 4 is 45.0 Å². The molecule has 0 N–H and O–H groups in total. The van der Waals surface area contributed by atoms with E-state index in [1.807, 2.05) is 43.4 Å². The second kappa shape index (κ2) is 4.11. The van der Waals surface area contributed by atoms with Crippen molar-refractivity contribution in [2.45, 2.75) is 0 Å². The van der Waals surface area contributed by atoms with Crippen LogP contribution in [0.2, 0.25) is 10.0 Å². The van der Waals surface area contributed by atoms with Gasteiger partial charge in [0.2, 0.25) is 0 Å². The van der Waals surface area contributed by atoms with Gasteiger partial charge in [-0.2, -0.15) is 0 Å². The number of rotatable bonds is 0. The third-order valence-electron chi connectivity index (χ3n) is 3.73. The lowest BCUT2D eigenvalue weighted by atomic mass is 10.1. The summed E-state index contributed by atoms with van der Waals surface area (Å²) in [5.74, 6) is 0. The molecule has 2 aromatic carbocycles. The molecule has 4 rings (SSSR count). The van der Waals surface area contributed by atoms with Gasteiger partial charge in [-0.3, -0.25) is 0 Å². The van der Waals surface area contributed by atoms with Gasteiger partial charge in [-0.15, -0.1) is 0 Å². The molecule has 0 bridgehead atoms. The molecule has 2 nitrogen and oxygen atoms in total. The van der Waals surface area contributed by atoms with Gasteiger partial charge < -0.3 is 4.57 Å². The van der Waals surface area contributed by atoms with E-state index in [-0.39, 0.29) is 0 Å². The first-order chi connectivity index (χ1) is 9.68. The molecule has 98 valence electrons. The fourth-order valence-corrected chi connectivity index (χ4v) is 3.46. The molecule has 0 unspecified atom stereocenters. The number of aromatic nitrogens is 2. The maximum Gasteiger partial charge on any atom is 0.107 e. The van der Waals surface area contributed by atoms with E-state index in [1.165, 1.54) is 0 Å². The first-order valence-electron chi connectivity index (χ1n) is 6.29. The van der Waals surface area contributed by atoms with Crippen molar-refractivity contribution in [3.8, 4) is 11.4 Å². The molecule has 4 heteroatoms. The number of fused-ring (bicyclic) bond motifs is 4. The second-order valence-electron chi connectivity index (χ2n) is 4.83. The lowest BCUT2D eigenvalue weighted by molar-refractivity contribution is 0.967. The maximum atomic E-state index is 6.56. The SMILES string of the molecule is Cn1c2c3ccccc3nc-2c(Cl)c2c(Cl)cccc21. The van der Waals surface area contributed by atoms with E-state index >= 15 is 0 Å². The molecule has 0 atom stereocenters. The summed E-state index contributed by atoms with van der Waals surface area (Å²) in [6, 6.07) is 13.9. The van der Waals surface area contributed by atoms with E-state index in [0.29, 0.717) is 10.0 Å². The minimum Gasteiger partial charge on any atom is -0.342 e. The smallest absolute Gasteiger partial charge is 0.107 e. The highest BCUT2D eigenvalue weighted by atomic mass is 35.5. The number of aryl methyl sites for hydroxylation is 1. The summed E-state index contributed by atoms with van der Waals surface area (Å²) in [4.78, 5) is 4.66. The molecule has 0 spiro atoms. The van der Waals surface area contributed by atoms with Crippen LogP contribution < -0.4 is 0 Å². The highest BCUT2D eigenvalue weighted by molar-refractivity contribution is 6.44. The van der Waals surface area contributed by atoms with Gasteiger partial charge >= 0.3 is 0 Å². The number of hydrogen-bond donors (Lipinski definition) is 0. The Morgan fingerprint density at radius 3 is 2.65 bits per heavy atom. The van der Waals surface area contributed by atoms with Crippen molar-refractivity contribution in [1.29, 1.82) is 0 Å². The highest BCUT2D eigenvalue weighted by Gasteiger charge is 2.21. The Bertz CT molecular complexity index is 940. The van der Waals surface area contributed by atoms with Crippen molar-refractivity contribution in [3.63, 3.8) is 0 Å². The number of pyridine rings is 1. The Kier molecular flexibility index (Phi) is 2.47. The zero-order chi connectivity index (χ0) is 13.9. The Morgan fingerprint density at radius 2 is 1.80 bits per heavy atom. The molecule has 2 aliphatic rings. The summed E-state index contributed by atoms with van der Waals surface area (Å²) in [5, 5.41) is 3.23.